The van der Waals surface area contributed by atoms with E-state index in [2.05, 4.69) is 20.9 Å². The Labute approximate surface area is 131 Å². The summed E-state index contributed by atoms with van der Waals surface area (Å²) in [5.41, 5.74) is 1.36. The number of anilines is 1. The highest BCUT2D eigenvalue weighted by atomic mass is 32.1. The molecule has 3 aromatic rings. The molecule has 6 heteroatoms. The number of esters is 1. The number of fused-ring (bicyclic) bond motifs is 1. The summed E-state index contributed by atoms with van der Waals surface area (Å²) in [5, 5.41) is 0.978. The van der Waals surface area contributed by atoms with Crippen LogP contribution in [0, 0.1) is 0 Å². The molecule has 5 nitrogen and oxygen atoms in total. The summed E-state index contributed by atoms with van der Waals surface area (Å²) >= 11 is 1.66. The highest BCUT2D eigenvalue weighted by molar-refractivity contribution is 7.22. The number of aromatic nitrogens is 2. The number of rotatable bonds is 3. The molecule has 0 N–H and O–H groups in total. The van der Waals surface area contributed by atoms with Gasteiger partial charge < -0.3 is 9.64 Å². The van der Waals surface area contributed by atoms with Crippen molar-refractivity contribution in [3.63, 3.8) is 0 Å². The largest absolute Gasteiger partial charge is 0.454 e. The van der Waals surface area contributed by atoms with Gasteiger partial charge in [-0.2, -0.15) is 0 Å². The lowest BCUT2D eigenvalue weighted by atomic mass is 10.2. The molecule has 0 amide bonds. The zero-order chi connectivity index (χ0) is 14.9. The average molecular weight is 311 g/mol. The van der Waals surface area contributed by atoms with E-state index in [4.69, 9.17) is 4.74 Å². The molecule has 110 valence electrons. The number of thiazole rings is 1. The highest BCUT2D eigenvalue weighted by Gasteiger charge is 2.32. The summed E-state index contributed by atoms with van der Waals surface area (Å²) in [6.07, 6.45) is 1.49. The third-order valence-electron chi connectivity index (χ3n) is 3.55. The normalized spacial score (nSPS) is 14.8. The van der Waals surface area contributed by atoms with Gasteiger partial charge in [0.15, 0.2) is 5.13 Å². The second kappa shape index (κ2) is 5.38. The molecule has 1 fully saturated rings. The molecule has 0 saturated carbocycles. The Morgan fingerprint density at radius 2 is 2.00 bits per heavy atom. The van der Waals surface area contributed by atoms with Crippen molar-refractivity contribution in [1.29, 1.82) is 0 Å². The molecule has 1 saturated heterocycles. The van der Waals surface area contributed by atoms with Crippen LogP contribution in [0.3, 0.4) is 0 Å². The molecule has 1 aliphatic heterocycles. The molecule has 0 bridgehead atoms. The zero-order valence-corrected chi connectivity index (χ0v) is 12.5. The number of carbonyl (C=O) groups excluding carboxylic acids is 1. The monoisotopic (exact) mass is 311 g/mol. The Hall–Kier alpha value is -2.47. The summed E-state index contributed by atoms with van der Waals surface area (Å²) in [5.74, 6) is -0.366. The summed E-state index contributed by atoms with van der Waals surface area (Å²) in [4.78, 5) is 22.6. The Morgan fingerprint density at radius 3 is 2.77 bits per heavy atom. The van der Waals surface area contributed by atoms with Crippen molar-refractivity contribution in [2.24, 2.45) is 0 Å². The van der Waals surface area contributed by atoms with Gasteiger partial charge in [-0.05, 0) is 24.3 Å². The predicted octanol–water partition coefficient (Wildman–Crippen LogP) is 2.74. The van der Waals surface area contributed by atoms with Gasteiger partial charge in [0.1, 0.15) is 11.8 Å². The van der Waals surface area contributed by atoms with E-state index in [9.17, 15) is 4.79 Å². The van der Waals surface area contributed by atoms with E-state index in [1.165, 1.54) is 4.70 Å². The molecule has 0 aliphatic carbocycles. The molecule has 0 unspecified atom stereocenters. The van der Waals surface area contributed by atoms with E-state index in [1.807, 2.05) is 18.2 Å². The first kappa shape index (κ1) is 13.2. The fourth-order valence-electron chi connectivity index (χ4n) is 2.36. The molecule has 2 aromatic heterocycles. The fraction of sp³-hybridized carbons (Fsp3) is 0.188. The van der Waals surface area contributed by atoms with Crippen LogP contribution in [0.1, 0.15) is 10.5 Å². The van der Waals surface area contributed by atoms with Crippen LogP contribution < -0.4 is 4.90 Å². The van der Waals surface area contributed by atoms with Crippen LogP contribution >= 0.6 is 11.3 Å². The van der Waals surface area contributed by atoms with Crippen molar-refractivity contribution in [3.8, 4) is 0 Å². The predicted molar refractivity (Wildman–Crippen MR) is 85.3 cm³/mol. The van der Waals surface area contributed by atoms with Crippen molar-refractivity contribution in [3.05, 3.63) is 54.4 Å². The Morgan fingerprint density at radius 1 is 1.18 bits per heavy atom. The smallest absolute Gasteiger partial charge is 0.357 e. The number of carbonyl (C=O) groups is 1. The minimum atomic E-state index is -0.366. The van der Waals surface area contributed by atoms with E-state index in [-0.39, 0.29) is 12.1 Å². The van der Waals surface area contributed by atoms with E-state index >= 15 is 0 Å². The van der Waals surface area contributed by atoms with Crippen molar-refractivity contribution in [2.45, 2.75) is 6.10 Å². The Kier molecular flexibility index (Phi) is 3.23. The molecule has 0 atom stereocenters. The topological polar surface area (TPSA) is 55.3 Å². The van der Waals surface area contributed by atoms with Crippen LogP contribution in [0.15, 0.2) is 48.7 Å². The maximum absolute atomic E-state index is 11.9. The van der Waals surface area contributed by atoms with Gasteiger partial charge in [-0.3, -0.25) is 0 Å². The fourth-order valence-corrected chi connectivity index (χ4v) is 3.34. The lowest BCUT2D eigenvalue weighted by molar-refractivity contribution is 0.0227. The maximum Gasteiger partial charge on any atom is 0.357 e. The lowest BCUT2D eigenvalue weighted by Gasteiger charge is -2.38. The van der Waals surface area contributed by atoms with Gasteiger partial charge in [-0.25, -0.2) is 14.8 Å². The molecule has 22 heavy (non-hydrogen) atoms. The van der Waals surface area contributed by atoms with Crippen LogP contribution in [-0.2, 0) is 4.74 Å². The Bertz CT molecular complexity index is 779. The molecule has 0 spiro atoms. The van der Waals surface area contributed by atoms with Crippen LogP contribution in [0.25, 0.3) is 10.2 Å². The van der Waals surface area contributed by atoms with Crippen LogP contribution in [0.2, 0.25) is 0 Å². The number of nitrogens with zero attached hydrogens (tertiary/aromatic N) is 3. The van der Waals surface area contributed by atoms with Gasteiger partial charge in [-0.1, -0.05) is 29.5 Å². The summed E-state index contributed by atoms with van der Waals surface area (Å²) < 4.78 is 6.60. The first-order chi connectivity index (χ1) is 10.8. The molecule has 1 aromatic carbocycles. The molecular weight excluding hydrogens is 298 g/mol. The van der Waals surface area contributed by atoms with E-state index in [0.717, 1.165) is 10.6 Å². The van der Waals surface area contributed by atoms with Gasteiger partial charge in [0.25, 0.3) is 0 Å². The zero-order valence-electron chi connectivity index (χ0n) is 11.7. The van der Waals surface area contributed by atoms with Gasteiger partial charge in [0, 0.05) is 6.20 Å². The van der Waals surface area contributed by atoms with Gasteiger partial charge in [0.2, 0.25) is 0 Å². The van der Waals surface area contributed by atoms with Gasteiger partial charge in [-0.15, -0.1) is 0 Å². The summed E-state index contributed by atoms with van der Waals surface area (Å²) in [7, 11) is 0. The first-order valence-electron chi connectivity index (χ1n) is 7.02. The second-order valence-corrected chi connectivity index (χ2v) is 6.12. The van der Waals surface area contributed by atoms with Crippen LogP contribution in [0.4, 0.5) is 5.13 Å². The van der Waals surface area contributed by atoms with Crippen molar-refractivity contribution >= 4 is 32.7 Å². The van der Waals surface area contributed by atoms with Crippen molar-refractivity contribution in [2.75, 3.05) is 18.0 Å². The standard InChI is InChI=1S/C16H13N3O2S/c20-15(13-6-3-4-8-17-13)21-11-9-19(10-11)16-18-12-5-1-2-7-14(12)22-16/h1-8,11H,9-10H2. The van der Waals surface area contributed by atoms with Crippen molar-refractivity contribution < 1.29 is 9.53 Å². The number of para-hydroxylation sites is 1. The van der Waals surface area contributed by atoms with Crippen LogP contribution in [0.5, 0.6) is 0 Å². The molecule has 1 aliphatic rings. The average Bonchev–Trinajstić information content (AvgIpc) is 2.94. The third kappa shape index (κ3) is 2.42. The maximum atomic E-state index is 11.9. The highest BCUT2D eigenvalue weighted by Crippen LogP contribution is 2.31. The van der Waals surface area contributed by atoms with Gasteiger partial charge in [0.05, 0.1) is 23.3 Å². The molecule has 3 heterocycles. The van der Waals surface area contributed by atoms with Crippen LogP contribution in [-0.4, -0.2) is 35.1 Å². The minimum Gasteiger partial charge on any atom is -0.454 e. The number of hydrogen-bond acceptors (Lipinski definition) is 6. The quantitative estimate of drug-likeness (QED) is 0.696. The van der Waals surface area contributed by atoms with E-state index in [1.54, 1.807) is 35.7 Å². The number of ether oxygens (including phenoxy) is 1. The molecule has 0 radical (unpaired) electrons. The van der Waals surface area contributed by atoms with E-state index in [0.29, 0.717) is 18.8 Å². The van der Waals surface area contributed by atoms with Crippen molar-refractivity contribution in [1.82, 2.24) is 9.97 Å². The Balaban J connectivity index is 1.39. The minimum absolute atomic E-state index is 0.0958. The summed E-state index contributed by atoms with van der Waals surface area (Å²) in [6, 6.07) is 13.3. The first-order valence-corrected chi connectivity index (χ1v) is 7.84. The SMILES string of the molecule is O=C(OC1CN(c2nc3ccccc3s2)C1)c1ccccn1. The molecule has 4 rings (SSSR count). The summed E-state index contributed by atoms with van der Waals surface area (Å²) in [6.45, 7) is 1.36. The number of pyridine rings is 1. The number of benzene rings is 1. The van der Waals surface area contributed by atoms with Gasteiger partial charge >= 0.3 is 5.97 Å². The van der Waals surface area contributed by atoms with E-state index < -0.39 is 0 Å². The number of hydrogen-bond donors (Lipinski definition) is 0. The molecular formula is C16H13N3O2S. The third-order valence-corrected chi connectivity index (χ3v) is 4.65. The second-order valence-electron chi connectivity index (χ2n) is 5.11. The lowest BCUT2D eigenvalue weighted by Crippen LogP contribution is -2.53.